The second-order valence-electron chi connectivity index (χ2n) is 4.35. The van der Waals surface area contributed by atoms with Crippen LogP contribution in [0.15, 0.2) is 18.2 Å². The summed E-state index contributed by atoms with van der Waals surface area (Å²) in [5.74, 6) is 0.0691. The highest BCUT2D eigenvalue weighted by molar-refractivity contribution is 5.40. The number of benzene rings is 1. The second-order valence-corrected chi connectivity index (χ2v) is 4.35. The summed E-state index contributed by atoms with van der Waals surface area (Å²) in [6, 6.07) is 4.37. The number of halogens is 3. The van der Waals surface area contributed by atoms with Crippen molar-refractivity contribution >= 4 is 0 Å². The minimum absolute atomic E-state index is 0.113. The third kappa shape index (κ3) is 3.40. The van der Waals surface area contributed by atoms with E-state index in [-0.39, 0.29) is 11.7 Å². The Kier molecular flexibility index (Phi) is 5.05. The van der Waals surface area contributed by atoms with Gasteiger partial charge in [-0.05, 0) is 36.5 Å². The van der Waals surface area contributed by atoms with E-state index in [0.717, 1.165) is 24.8 Å². The lowest BCUT2D eigenvalue weighted by Gasteiger charge is -2.18. The van der Waals surface area contributed by atoms with Crippen molar-refractivity contribution in [3.8, 4) is 5.75 Å². The Balaban J connectivity index is 3.17. The summed E-state index contributed by atoms with van der Waals surface area (Å²) in [6.07, 6.45) is -1.66. The third-order valence-electron chi connectivity index (χ3n) is 3.13. The van der Waals surface area contributed by atoms with E-state index >= 15 is 0 Å². The summed E-state index contributed by atoms with van der Waals surface area (Å²) in [6.45, 7) is 4.04. The van der Waals surface area contributed by atoms with Gasteiger partial charge in [0.15, 0.2) is 0 Å². The van der Waals surface area contributed by atoms with E-state index in [9.17, 15) is 13.2 Å². The van der Waals surface area contributed by atoms with Crippen molar-refractivity contribution in [1.82, 2.24) is 0 Å². The van der Waals surface area contributed by atoms with Crippen LogP contribution in [0.1, 0.15) is 50.2 Å². The van der Waals surface area contributed by atoms with Crippen LogP contribution < -0.4 is 4.74 Å². The Morgan fingerprint density at radius 1 is 1.22 bits per heavy atom. The largest absolute Gasteiger partial charge is 0.496 e. The minimum Gasteiger partial charge on any atom is -0.496 e. The summed E-state index contributed by atoms with van der Waals surface area (Å²) in [7, 11) is 1.26. The molecular formula is C14H19F3O. The number of ether oxygens (including phenoxy) is 1. The summed E-state index contributed by atoms with van der Waals surface area (Å²) < 4.78 is 43.4. The van der Waals surface area contributed by atoms with Crippen molar-refractivity contribution in [2.45, 2.75) is 45.2 Å². The molecular weight excluding hydrogens is 241 g/mol. The fourth-order valence-corrected chi connectivity index (χ4v) is 2.16. The van der Waals surface area contributed by atoms with E-state index in [4.69, 9.17) is 4.74 Å². The molecule has 1 unspecified atom stereocenters. The molecule has 0 heterocycles. The summed E-state index contributed by atoms with van der Waals surface area (Å²) in [5, 5.41) is 0. The maximum atomic E-state index is 12.9. The first-order chi connectivity index (χ1) is 8.43. The van der Waals surface area contributed by atoms with E-state index in [1.807, 2.05) is 13.8 Å². The van der Waals surface area contributed by atoms with Gasteiger partial charge < -0.3 is 4.74 Å². The zero-order chi connectivity index (χ0) is 13.8. The predicted molar refractivity (Wildman–Crippen MR) is 65.9 cm³/mol. The Morgan fingerprint density at radius 3 is 2.33 bits per heavy atom. The van der Waals surface area contributed by atoms with Crippen LogP contribution in [0.4, 0.5) is 13.2 Å². The fourth-order valence-electron chi connectivity index (χ4n) is 2.16. The smallest absolute Gasteiger partial charge is 0.419 e. The topological polar surface area (TPSA) is 9.23 Å². The van der Waals surface area contributed by atoms with Crippen LogP contribution >= 0.6 is 0 Å². The van der Waals surface area contributed by atoms with Crippen LogP contribution in [0.2, 0.25) is 0 Å². The molecule has 0 saturated carbocycles. The molecule has 0 saturated heterocycles. The highest BCUT2D eigenvalue weighted by Gasteiger charge is 2.34. The second kappa shape index (κ2) is 6.12. The van der Waals surface area contributed by atoms with E-state index in [0.29, 0.717) is 0 Å². The van der Waals surface area contributed by atoms with Gasteiger partial charge in [-0.2, -0.15) is 13.2 Å². The Labute approximate surface area is 106 Å². The number of hydrogen-bond donors (Lipinski definition) is 0. The molecule has 0 aromatic heterocycles. The third-order valence-corrected chi connectivity index (χ3v) is 3.13. The SMILES string of the molecule is CCCC(CC)c1ccc(OC)c(C(F)(F)F)c1. The summed E-state index contributed by atoms with van der Waals surface area (Å²) >= 11 is 0. The zero-order valence-electron chi connectivity index (χ0n) is 11.0. The van der Waals surface area contributed by atoms with Crippen molar-refractivity contribution in [2.24, 2.45) is 0 Å². The lowest BCUT2D eigenvalue weighted by molar-refractivity contribution is -0.138. The van der Waals surface area contributed by atoms with Crippen molar-refractivity contribution < 1.29 is 17.9 Å². The molecule has 4 heteroatoms. The van der Waals surface area contributed by atoms with Gasteiger partial charge in [-0.3, -0.25) is 0 Å². The molecule has 0 aliphatic rings. The quantitative estimate of drug-likeness (QED) is 0.723. The van der Waals surface area contributed by atoms with Crippen LogP contribution in [0.25, 0.3) is 0 Å². The van der Waals surface area contributed by atoms with E-state index in [1.54, 1.807) is 6.07 Å². The Hall–Kier alpha value is -1.19. The predicted octanol–water partition coefficient (Wildman–Crippen LogP) is 5.01. The first-order valence-electron chi connectivity index (χ1n) is 6.19. The number of methoxy groups -OCH3 is 1. The lowest BCUT2D eigenvalue weighted by Crippen LogP contribution is -2.09. The van der Waals surface area contributed by atoms with Gasteiger partial charge >= 0.3 is 6.18 Å². The van der Waals surface area contributed by atoms with Gasteiger partial charge in [0.1, 0.15) is 5.75 Å². The van der Waals surface area contributed by atoms with Crippen molar-refractivity contribution in [1.29, 1.82) is 0 Å². The molecule has 102 valence electrons. The molecule has 1 aromatic carbocycles. The molecule has 0 radical (unpaired) electrons. The van der Waals surface area contributed by atoms with E-state index in [2.05, 4.69) is 0 Å². The lowest BCUT2D eigenvalue weighted by atomic mass is 9.91. The fraction of sp³-hybridized carbons (Fsp3) is 0.571. The van der Waals surface area contributed by atoms with Crippen LogP contribution in [-0.4, -0.2) is 7.11 Å². The molecule has 0 spiro atoms. The van der Waals surface area contributed by atoms with Gasteiger partial charge in [0.05, 0.1) is 12.7 Å². The first-order valence-corrected chi connectivity index (χ1v) is 6.19. The van der Waals surface area contributed by atoms with Crippen LogP contribution in [0, 0.1) is 0 Å². The molecule has 1 atom stereocenters. The highest BCUT2D eigenvalue weighted by atomic mass is 19.4. The molecule has 18 heavy (non-hydrogen) atoms. The highest BCUT2D eigenvalue weighted by Crippen LogP contribution is 2.38. The Bertz CT molecular complexity index is 385. The van der Waals surface area contributed by atoms with Crippen LogP contribution in [0.5, 0.6) is 5.75 Å². The van der Waals surface area contributed by atoms with E-state index in [1.165, 1.54) is 19.2 Å². The van der Waals surface area contributed by atoms with Crippen molar-refractivity contribution in [3.63, 3.8) is 0 Å². The molecule has 0 fully saturated rings. The molecule has 1 rings (SSSR count). The monoisotopic (exact) mass is 260 g/mol. The normalized spacial score (nSPS) is 13.4. The molecule has 0 N–H and O–H groups in total. The molecule has 0 aliphatic carbocycles. The molecule has 0 aliphatic heterocycles. The van der Waals surface area contributed by atoms with Gasteiger partial charge in [-0.15, -0.1) is 0 Å². The maximum Gasteiger partial charge on any atom is 0.419 e. The van der Waals surface area contributed by atoms with Gasteiger partial charge in [-0.25, -0.2) is 0 Å². The molecule has 0 bridgehead atoms. The molecule has 0 amide bonds. The standard InChI is InChI=1S/C14H19F3O/c1-4-6-10(5-2)11-7-8-13(18-3)12(9-11)14(15,16)17/h7-10H,4-6H2,1-3H3. The minimum atomic E-state index is -4.37. The van der Waals surface area contributed by atoms with Gasteiger partial charge in [0.25, 0.3) is 0 Å². The first kappa shape index (κ1) is 14.9. The van der Waals surface area contributed by atoms with Crippen LogP contribution in [0.3, 0.4) is 0 Å². The number of rotatable bonds is 5. The van der Waals surface area contributed by atoms with Gasteiger partial charge in [-0.1, -0.05) is 26.3 Å². The number of alkyl halides is 3. The van der Waals surface area contributed by atoms with Crippen molar-refractivity contribution in [2.75, 3.05) is 7.11 Å². The van der Waals surface area contributed by atoms with Crippen molar-refractivity contribution in [3.05, 3.63) is 29.3 Å². The maximum absolute atomic E-state index is 12.9. The van der Waals surface area contributed by atoms with Crippen LogP contribution in [-0.2, 0) is 6.18 Å². The molecule has 1 nitrogen and oxygen atoms in total. The summed E-state index contributed by atoms with van der Waals surface area (Å²) in [5.41, 5.74) is 0.0597. The van der Waals surface area contributed by atoms with Gasteiger partial charge in [0.2, 0.25) is 0 Å². The summed E-state index contributed by atoms with van der Waals surface area (Å²) in [4.78, 5) is 0. The average Bonchev–Trinajstić information content (AvgIpc) is 2.34. The molecule has 1 aromatic rings. The van der Waals surface area contributed by atoms with Gasteiger partial charge in [0, 0.05) is 0 Å². The zero-order valence-corrected chi connectivity index (χ0v) is 11.0. The van der Waals surface area contributed by atoms with E-state index < -0.39 is 11.7 Å². The average molecular weight is 260 g/mol. The Morgan fingerprint density at radius 2 is 1.89 bits per heavy atom. The number of hydrogen-bond acceptors (Lipinski definition) is 1.